The maximum Gasteiger partial charge on any atom is 0.132 e. The van der Waals surface area contributed by atoms with Gasteiger partial charge in [0.1, 0.15) is 16.9 Å². The van der Waals surface area contributed by atoms with E-state index in [9.17, 15) is 0 Å². The summed E-state index contributed by atoms with van der Waals surface area (Å²) in [4.78, 5) is 3.97. The van der Waals surface area contributed by atoms with Gasteiger partial charge in [-0.2, -0.15) is 10.2 Å². The van der Waals surface area contributed by atoms with Crippen LogP contribution in [0.3, 0.4) is 0 Å². The third-order valence-corrected chi connectivity index (χ3v) is 2.46. The quantitative estimate of drug-likeness (QED) is 0.298. The zero-order valence-electron chi connectivity index (χ0n) is 11.4. The van der Waals surface area contributed by atoms with Crippen LogP contribution >= 0.6 is 0 Å². The molecule has 0 spiro atoms. The summed E-state index contributed by atoms with van der Waals surface area (Å²) in [5.74, 6) is 0.270. The Morgan fingerprint density at radius 1 is 1.11 bits per heavy atom. The van der Waals surface area contributed by atoms with Crippen molar-refractivity contribution < 1.29 is 10.2 Å². The Bertz CT molecular complexity index is 347. The second kappa shape index (κ2) is 6.55. The summed E-state index contributed by atoms with van der Waals surface area (Å²) in [5.41, 5.74) is 4.16. The lowest BCUT2D eigenvalue weighted by Crippen LogP contribution is -2.38. The number of hydrogen-bond acceptors (Lipinski definition) is 6. The molecule has 0 rings (SSSR count). The van der Waals surface area contributed by atoms with Crippen LogP contribution in [0.15, 0.2) is 15.2 Å². The van der Waals surface area contributed by atoms with E-state index >= 15 is 0 Å². The molecule has 0 aromatic carbocycles. The lowest BCUT2D eigenvalue weighted by atomic mass is 10.0. The maximum absolute atomic E-state index is 8.92. The van der Waals surface area contributed by atoms with E-state index in [0.29, 0.717) is 0 Å². The minimum absolute atomic E-state index is 0.0748. The standard InChI is InChI=1S/C11H23N5O2/c1-10(2,8(12)7-18)15-16-11(3,4)9(13)14-5-6-17/h12,17-18H,5-7H2,1-4H3,(H2,13,14). The molecule has 0 saturated heterocycles. The van der Waals surface area contributed by atoms with Crippen LogP contribution in [0.1, 0.15) is 27.7 Å². The first-order valence-corrected chi connectivity index (χ1v) is 5.71. The van der Waals surface area contributed by atoms with Crippen molar-refractivity contribution >= 4 is 11.5 Å². The summed E-state index contributed by atoms with van der Waals surface area (Å²) in [6.45, 7) is 6.64. The van der Waals surface area contributed by atoms with Gasteiger partial charge in [-0.3, -0.25) is 4.99 Å². The SMILES string of the molecule is CC(C)(N=NC(C)(C)C(N)=NCCO)C(=N)CO. The van der Waals surface area contributed by atoms with Crippen LogP contribution in [0.4, 0.5) is 0 Å². The molecule has 0 bridgehead atoms. The molecule has 7 nitrogen and oxygen atoms in total. The largest absolute Gasteiger partial charge is 0.394 e. The number of rotatable bonds is 7. The molecule has 5 N–H and O–H groups in total. The molecule has 104 valence electrons. The van der Waals surface area contributed by atoms with Crippen molar-refractivity contribution in [2.75, 3.05) is 19.8 Å². The fourth-order valence-corrected chi connectivity index (χ4v) is 0.919. The van der Waals surface area contributed by atoms with Gasteiger partial charge in [0, 0.05) is 0 Å². The molecule has 0 radical (unpaired) electrons. The van der Waals surface area contributed by atoms with Crippen LogP contribution in [0, 0.1) is 5.41 Å². The van der Waals surface area contributed by atoms with E-state index < -0.39 is 11.1 Å². The van der Waals surface area contributed by atoms with Gasteiger partial charge in [-0.25, -0.2) is 0 Å². The van der Waals surface area contributed by atoms with Crippen LogP contribution in [0.25, 0.3) is 0 Å². The molecular formula is C11H23N5O2. The zero-order chi connectivity index (χ0) is 14.4. The smallest absolute Gasteiger partial charge is 0.132 e. The monoisotopic (exact) mass is 257 g/mol. The second-order valence-electron chi connectivity index (χ2n) is 4.95. The zero-order valence-corrected chi connectivity index (χ0v) is 11.4. The molecule has 0 atom stereocenters. The number of nitrogens with zero attached hydrogens (tertiary/aromatic N) is 3. The first-order valence-electron chi connectivity index (χ1n) is 5.71. The van der Waals surface area contributed by atoms with Crippen molar-refractivity contribution in [1.29, 1.82) is 5.41 Å². The Morgan fingerprint density at radius 3 is 2.06 bits per heavy atom. The van der Waals surface area contributed by atoms with Gasteiger partial charge in [-0.15, -0.1) is 0 Å². The molecule has 0 aliphatic carbocycles. The van der Waals surface area contributed by atoms with Gasteiger partial charge in [0.15, 0.2) is 0 Å². The lowest BCUT2D eigenvalue weighted by molar-refractivity contribution is 0.306. The number of nitrogens with one attached hydrogen (secondary N) is 1. The van der Waals surface area contributed by atoms with Gasteiger partial charge in [-0.05, 0) is 27.7 Å². The highest BCUT2D eigenvalue weighted by Gasteiger charge is 2.27. The fourth-order valence-electron chi connectivity index (χ4n) is 0.919. The molecule has 0 heterocycles. The van der Waals surface area contributed by atoms with E-state index in [1.165, 1.54) is 0 Å². The van der Waals surface area contributed by atoms with Gasteiger partial charge < -0.3 is 21.4 Å². The summed E-state index contributed by atoms with van der Waals surface area (Å²) in [5, 5.41) is 33.3. The van der Waals surface area contributed by atoms with Gasteiger partial charge in [0.05, 0.1) is 25.5 Å². The number of aliphatic hydroxyl groups is 2. The molecule has 0 unspecified atom stereocenters. The Kier molecular flexibility index (Phi) is 6.07. The van der Waals surface area contributed by atoms with Crippen LogP contribution in [-0.4, -0.2) is 52.6 Å². The van der Waals surface area contributed by atoms with Gasteiger partial charge in [0.2, 0.25) is 0 Å². The van der Waals surface area contributed by atoms with Crippen LogP contribution in [0.2, 0.25) is 0 Å². The van der Waals surface area contributed by atoms with Crippen molar-refractivity contribution in [3.8, 4) is 0 Å². The minimum Gasteiger partial charge on any atom is -0.394 e. The highest BCUT2D eigenvalue weighted by molar-refractivity contribution is 5.91. The Labute approximate surface area is 107 Å². The number of hydrogen-bond donors (Lipinski definition) is 4. The number of nitrogens with two attached hydrogens (primary N) is 1. The van der Waals surface area contributed by atoms with Crippen molar-refractivity contribution in [2.24, 2.45) is 21.0 Å². The van der Waals surface area contributed by atoms with Gasteiger partial charge in [-0.1, -0.05) is 0 Å². The molecular weight excluding hydrogens is 234 g/mol. The summed E-state index contributed by atoms with van der Waals surface area (Å²) in [6, 6.07) is 0. The Hall–Kier alpha value is -1.34. The first-order chi connectivity index (χ1) is 8.17. The van der Waals surface area contributed by atoms with Crippen LogP contribution in [-0.2, 0) is 0 Å². The van der Waals surface area contributed by atoms with Crippen LogP contribution < -0.4 is 5.73 Å². The molecule has 0 fully saturated rings. The topological polar surface area (TPSA) is 127 Å². The molecule has 0 saturated carbocycles. The number of aliphatic imine (C=N–C) groups is 1. The Balaban J connectivity index is 4.91. The molecule has 0 aliphatic heterocycles. The summed E-state index contributed by atoms with van der Waals surface area (Å²) in [6.07, 6.45) is 0. The van der Waals surface area contributed by atoms with Crippen LogP contribution in [0.5, 0.6) is 0 Å². The van der Waals surface area contributed by atoms with Gasteiger partial charge in [0.25, 0.3) is 0 Å². The van der Waals surface area contributed by atoms with Crippen molar-refractivity contribution in [1.82, 2.24) is 0 Å². The van der Waals surface area contributed by atoms with E-state index in [0.717, 1.165) is 0 Å². The maximum atomic E-state index is 8.92. The van der Waals surface area contributed by atoms with Crippen molar-refractivity contribution in [3.05, 3.63) is 0 Å². The second-order valence-corrected chi connectivity index (χ2v) is 4.95. The Morgan fingerprint density at radius 2 is 1.61 bits per heavy atom. The normalized spacial score (nSPS) is 14.2. The lowest BCUT2D eigenvalue weighted by Gasteiger charge is -2.22. The third-order valence-electron chi connectivity index (χ3n) is 2.46. The molecule has 0 aromatic rings. The predicted molar refractivity (Wildman–Crippen MR) is 71.4 cm³/mol. The summed E-state index contributed by atoms with van der Waals surface area (Å²) < 4.78 is 0. The minimum atomic E-state index is -0.872. The van der Waals surface area contributed by atoms with Crippen molar-refractivity contribution in [3.63, 3.8) is 0 Å². The highest BCUT2D eigenvalue weighted by Crippen LogP contribution is 2.17. The van der Waals surface area contributed by atoms with Gasteiger partial charge >= 0.3 is 0 Å². The van der Waals surface area contributed by atoms with E-state index in [4.69, 9.17) is 21.4 Å². The average molecular weight is 257 g/mol. The molecule has 18 heavy (non-hydrogen) atoms. The molecule has 0 aromatic heterocycles. The van der Waals surface area contributed by atoms with E-state index in [1.54, 1.807) is 27.7 Å². The third kappa shape index (κ3) is 4.89. The number of azo groups is 1. The molecule has 0 aliphatic rings. The van der Waals surface area contributed by atoms with E-state index in [-0.39, 0.29) is 31.3 Å². The number of aliphatic hydroxyl groups excluding tert-OH is 2. The highest BCUT2D eigenvalue weighted by atomic mass is 16.3. The molecule has 0 amide bonds. The fraction of sp³-hybridized carbons (Fsp3) is 0.818. The number of amidine groups is 1. The summed E-state index contributed by atoms with van der Waals surface area (Å²) >= 11 is 0. The van der Waals surface area contributed by atoms with E-state index in [1.807, 2.05) is 0 Å². The molecule has 7 heteroatoms. The first kappa shape index (κ1) is 16.7. The average Bonchev–Trinajstić information content (AvgIpc) is 2.32. The van der Waals surface area contributed by atoms with E-state index in [2.05, 4.69) is 15.2 Å². The summed E-state index contributed by atoms with van der Waals surface area (Å²) in [7, 11) is 0. The predicted octanol–water partition coefficient (Wildman–Crippen LogP) is 0.357. The van der Waals surface area contributed by atoms with Crippen molar-refractivity contribution in [2.45, 2.75) is 38.8 Å².